The molecule has 3 aromatic rings. The molecule has 0 radical (unpaired) electrons. The number of hydrogen-bond acceptors (Lipinski definition) is 7. The molecule has 24 heavy (non-hydrogen) atoms. The highest BCUT2D eigenvalue weighted by Crippen LogP contribution is 2.27. The zero-order valence-corrected chi connectivity index (χ0v) is 13.5. The van der Waals surface area contributed by atoms with Crippen LogP contribution in [0.25, 0.3) is 11.5 Å². The summed E-state index contributed by atoms with van der Waals surface area (Å²) in [5, 5.41) is 19.1. The molecule has 0 aliphatic carbocycles. The average molecular weight is 343 g/mol. The summed E-state index contributed by atoms with van der Waals surface area (Å²) in [4.78, 5) is 10.2. The van der Waals surface area contributed by atoms with Gasteiger partial charge in [0.25, 0.3) is 10.9 Å². The maximum atomic E-state index is 10.6. The van der Waals surface area contributed by atoms with E-state index in [9.17, 15) is 10.1 Å². The van der Waals surface area contributed by atoms with Crippen molar-refractivity contribution in [2.75, 3.05) is 7.11 Å². The highest BCUT2D eigenvalue weighted by Gasteiger charge is 2.11. The molecule has 3 rings (SSSR count). The van der Waals surface area contributed by atoms with Gasteiger partial charge in [0, 0.05) is 23.4 Å². The van der Waals surface area contributed by atoms with Crippen molar-refractivity contribution in [3.05, 3.63) is 64.2 Å². The first-order chi connectivity index (χ1) is 11.7. The third kappa shape index (κ3) is 3.72. The predicted molar refractivity (Wildman–Crippen MR) is 88.9 cm³/mol. The number of nitro groups is 1. The van der Waals surface area contributed by atoms with Gasteiger partial charge in [0.2, 0.25) is 5.89 Å². The molecule has 0 saturated heterocycles. The normalized spacial score (nSPS) is 10.5. The zero-order chi connectivity index (χ0) is 16.9. The van der Waals surface area contributed by atoms with Crippen LogP contribution in [0, 0.1) is 10.1 Å². The maximum Gasteiger partial charge on any atom is 0.277 e. The summed E-state index contributed by atoms with van der Waals surface area (Å²) >= 11 is 1.37. The van der Waals surface area contributed by atoms with Crippen molar-refractivity contribution in [3.63, 3.8) is 0 Å². The van der Waals surface area contributed by atoms with E-state index in [1.54, 1.807) is 19.2 Å². The van der Waals surface area contributed by atoms with Gasteiger partial charge >= 0.3 is 0 Å². The summed E-state index contributed by atoms with van der Waals surface area (Å²) in [5.41, 5.74) is 1.79. The summed E-state index contributed by atoms with van der Waals surface area (Å²) < 4.78 is 10.8. The Bertz CT molecular complexity index is 849. The van der Waals surface area contributed by atoms with Crippen LogP contribution in [0.1, 0.15) is 5.56 Å². The molecule has 0 amide bonds. The Kier molecular flexibility index (Phi) is 4.76. The highest BCUT2D eigenvalue weighted by atomic mass is 32.2. The minimum atomic E-state index is -0.421. The molecule has 1 heterocycles. The number of benzene rings is 2. The summed E-state index contributed by atoms with van der Waals surface area (Å²) in [6, 6.07) is 13.7. The van der Waals surface area contributed by atoms with Gasteiger partial charge in [-0.05, 0) is 23.8 Å². The van der Waals surface area contributed by atoms with E-state index in [0.717, 1.165) is 11.1 Å². The number of methoxy groups -OCH3 is 1. The first-order valence-corrected chi connectivity index (χ1v) is 7.98. The molecular weight excluding hydrogens is 330 g/mol. The van der Waals surface area contributed by atoms with Crippen molar-refractivity contribution in [1.82, 2.24) is 10.2 Å². The number of aromatic nitrogens is 2. The van der Waals surface area contributed by atoms with E-state index >= 15 is 0 Å². The molecule has 0 aliphatic rings. The summed E-state index contributed by atoms with van der Waals surface area (Å²) in [5.74, 6) is 1.71. The molecule has 0 saturated carbocycles. The molecule has 1 aromatic heterocycles. The van der Waals surface area contributed by atoms with E-state index in [-0.39, 0.29) is 5.69 Å². The summed E-state index contributed by atoms with van der Waals surface area (Å²) in [6.07, 6.45) is 0. The van der Waals surface area contributed by atoms with Crippen LogP contribution in [-0.2, 0) is 5.75 Å². The van der Waals surface area contributed by atoms with Crippen molar-refractivity contribution in [3.8, 4) is 17.2 Å². The van der Waals surface area contributed by atoms with Crippen LogP contribution in [0.3, 0.4) is 0 Å². The van der Waals surface area contributed by atoms with Crippen molar-refractivity contribution >= 4 is 17.4 Å². The van der Waals surface area contributed by atoms with Crippen molar-refractivity contribution in [1.29, 1.82) is 0 Å². The fourth-order valence-electron chi connectivity index (χ4n) is 2.00. The van der Waals surface area contributed by atoms with E-state index in [1.807, 2.05) is 24.3 Å². The molecular formula is C16H13N3O4S. The van der Waals surface area contributed by atoms with E-state index in [4.69, 9.17) is 9.15 Å². The number of nitrogens with zero attached hydrogens (tertiary/aromatic N) is 3. The molecule has 0 atom stereocenters. The minimum absolute atomic E-state index is 0.0712. The smallest absolute Gasteiger partial charge is 0.277 e. The molecule has 8 heteroatoms. The fraction of sp³-hybridized carbons (Fsp3) is 0.125. The molecule has 0 aliphatic heterocycles. The second-order valence-electron chi connectivity index (χ2n) is 4.82. The number of nitro benzene ring substituents is 1. The van der Waals surface area contributed by atoms with Crippen LogP contribution in [0.5, 0.6) is 5.75 Å². The van der Waals surface area contributed by atoms with Gasteiger partial charge in [0.1, 0.15) is 5.75 Å². The topological polar surface area (TPSA) is 91.3 Å². The minimum Gasteiger partial charge on any atom is -0.497 e. The Balaban J connectivity index is 1.66. The van der Waals surface area contributed by atoms with Crippen molar-refractivity contribution in [2.24, 2.45) is 0 Å². The third-order valence-electron chi connectivity index (χ3n) is 3.23. The lowest BCUT2D eigenvalue weighted by Gasteiger charge is -2.00. The number of non-ortho nitro benzene ring substituents is 1. The SMILES string of the molecule is COc1cccc(-c2nnc(SCc3ccc([N+](=O)[O-])cc3)o2)c1. The molecule has 122 valence electrons. The van der Waals surface area contributed by atoms with Crippen molar-refractivity contribution in [2.45, 2.75) is 11.0 Å². The van der Waals surface area contributed by atoms with Gasteiger partial charge in [-0.1, -0.05) is 30.0 Å². The maximum absolute atomic E-state index is 10.6. The number of thioether (sulfide) groups is 1. The second-order valence-corrected chi connectivity index (χ2v) is 5.74. The van der Waals surface area contributed by atoms with Crippen LogP contribution >= 0.6 is 11.8 Å². The van der Waals surface area contributed by atoms with E-state index < -0.39 is 4.92 Å². The monoisotopic (exact) mass is 343 g/mol. The van der Waals surface area contributed by atoms with Gasteiger partial charge in [0.05, 0.1) is 12.0 Å². The lowest BCUT2D eigenvalue weighted by molar-refractivity contribution is -0.384. The second kappa shape index (κ2) is 7.14. The Labute approximate surface area is 141 Å². The lowest BCUT2D eigenvalue weighted by Crippen LogP contribution is -1.88. The number of ether oxygens (including phenoxy) is 1. The van der Waals surface area contributed by atoms with Gasteiger partial charge in [-0.3, -0.25) is 10.1 Å². The molecule has 0 N–H and O–H groups in total. The zero-order valence-electron chi connectivity index (χ0n) is 12.7. The molecule has 0 unspecified atom stereocenters. The van der Waals surface area contributed by atoms with Crippen LogP contribution < -0.4 is 4.74 Å². The standard InChI is InChI=1S/C16H13N3O4S/c1-22-14-4-2-3-12(9-14)15-17-18-16(23-15)24-10-11-5-7-13(8-6-11)19(20)21/h2-9H,10H2,1H3. The molecule has 2 aromatic carbocycles. The number of hydrogen-bond donors (Lipinski definition) is 0. The summed E-state index contributed by atoms with van der Waals surface area (Å²) in [7, 11) is 1.60. The van der Waals surface area contributed by atoms with Gasteiger partial charge in [-0.25, -0.2) is 0 Å². The predicted octanol–water partition coefficient (Wildman–Crippen LogP) is 3.95. The molecule has 7 nitrogen and oxygen atoms in total. The van der Waals surface area contributed by atoms with Gasteiger partial charge in [0.15, 0.2) is 0 Å². The third-order valence-corrected chi connectivity index (χ3v) is 4.12. The van der Waals surface area contributed by atoms with E-state index in [0.29, 0.717) is 22.6 Å². The Morgan fingerprint density at radius 1 is 1.21 bits per heavy atom. The average Bonchev–Trinajstić information content (AvgIpc) is 3.09. The van der Waals surface area contributed by atoms with Crippen molar-refractivity contribution < 1.29 is 14.1 Å². The Hall–Kier alpha value is -2.87. The quantitative estimate of drug-likeness (QED) is 0.380. The van der Waals surface area contributed by atoms with Crippen LogP contribution in [0.15, 0.2) is 58.2 Å². The van der Waals surface area contributed by atoms with Gasteiger partial charge in [-0.15, -0.1) is 10.2 Å². The fourth-order valence-corrected chi connectivity index (χ4v) is 2.72. The van der Waals surface area contributed by atoms with E-state index in [2.05, 4.69) is 10.2 Å². The molecule has 0 spiro atoms. The van der Waals surface area contributed by atoms with Crippen LogP contribution in [-0.4, -0.2) is 22.2 Å². The van der Waals surface area contributed by atoms with Gasteiger partial charge in [-0.2, -0.15) is 0 Å². The van der Waals surface area contributed by atoms with E-state index in [1.165, 1.54) is 23.9 Å². The molecule has 0 bridgehead atoms. The highest BCUT2D eigenvalue weighted by molar-refractivity contribution is 7.98. The largest absolute Gasteiger partial charge is 0.497 e. The first-order valence-electron chi connectivity index (χ1n) is 7.00. The Morgan fingerprint density at radius 3 is 2.71 bits per heavy atom. The van der Waals surface area contributed by atoms with Gasteiger partial charge < -0.3 is 9.15 Å². The first kappa shape index (κ1) is 16.0. The number of rotatable bonds is 6. The van der Waals surface area contributed by atoms with Crippen LogP contribution in [0.4, 0.5) is 5.69 Å². The molecule has 0 fully saturated rings. The van der Waals surface area contributed by atoms with Crippen LogP contribution in [0.2, 0.25) is 0 Å². The summed E-state index contributed by atoms with van der Waals surface area (Å²) in [6.45, 7) is 0. The lowest BCUT2D eigenvalue weighted by atomic mass is 10.2. The Morgan fingerprint density at radius 2 is 2.00 bits per heavy atom.